The van der Waals surface area contributed by atoms with Crippen molar-refractivity contribution in [2.24, 2.45) is 13.0 Å². The summed E-state index contributed by atoms with van der Waals surface area (Å²) >= 11 is 63.9. The zero-order valence-electron chi connectivity index (χ0n) is 51.5. The number of rotatable bonds is 0. The highest BCUT2D eigenvalue weighted by atomic mass is 32.3. The van der Waals surface area contributed by atoms with Crippen LogP contribution in [0.4, 0.5) is 0 Å². The number of fused-ring (bicyclic) bond motifs is 7. The molecule has 0 fully saturated rings. The highest BCUT2D eigenvalue weighted by Crippen LogP contribution is 2.71. The van der Waals surface area contributed by atoms with Crippen molar-refractivity contribution in [1.29, 1.82) is 0 Å². The third kappa shape index (κ3) is 18.4. The van der Waals surface area contributed by atoms with Crippen LogP contribution in [-0.2, 0) is 7.05 Å². The van der Waals surface area contributed by atoms with Crippen LogP contribution in [-0.4, -0.2) is 84.1 Å². The molecule has 22 rings (SSSR count). The van der Waals surface area contributed by atoms with Gasteiger partial charge in [-0.1, -0.05) is 296 Å². The summed E-state index contributed by atoms with van der Waals surface area (Å²) < 4.78 is 79.9. The maximum Gasteiger partial charge on any atom is 0.150 e. The summed E-state index contributed by atoms with van der Waals surface area (Å²) in [5.41, 5.74) is 0. The molecule has 101 heavy (non-hydrogen) atoms. The maximum atomic E-state index is 4.33. The molecule has 0 bridgehead atoms. The number of allylic oxidation sites excluding steroid dienone is 4. The van der Waals surface area contributed by atoms with Crippen molar-refractivity contribution in [2.75, 3.05) is 17.3 Å². The molecule has 0 saturated heterocycles. The molecule has 7 aromatic rings. The van der Waals surface area contributed by atoms with E-state index in [1.807, 2.05) is 212 Å². The molecular formula is C52H35N13S36. The first-order chi connectivity index (χ1) is 49.1. The fourth-order valence-corrected chi connectivity index (χ4v) is 54.8. The molecule has 0 amide bonds. The Bertz CT molecular complexity index is 4560. The van der Waals surface area contributed by atoms with E-state index < -0.39 is 0 Å². The molecule has 49 heteroatoms. The van der Waals surface area contributed by atoms with Crippen molar-refractivity contribution < 1.29 is 0 Å². The van der Waals surface area contributed by atoms with Crippen LogP contribution in [0.1, 0.15) is 48.5 Å². The van der Waals surface area contributed by atoms with Crippen molar-refractivity contribution in [3.05, 3.63) is 108 Å². The molecule has 13 nitrogen and oxygen atoms in total. The van der Waals surface area contributed by atoms with Gasteiger partial charge in [-0.3, -0.25) is 0 Å². The van der Waals surface area contributed by atoms with Crippen LogP contribution >= 0.6 is 423 Å². The number of hydrogen-bond donors (Lipinski definition) is 0. The molecule has 15 aliphatic heterocycles. The van der Waals surface area contributed by atoms with Gasteiger partial charge in [0.15, 0.2) is 0 Å². The van der Waals surface area contributed by atoms with Crippen molar-refractivity contribution in [1.82, 2.24) is 57.0 Å². The fourth-order valence-electron chi connectivity index (χ4n) is 8.27. The number of nitrogens with zero attached hydrogens (tertiary/aromatic N) is 13. The molecule has 22 heterocycles. The third-order valence-electron chi connectivity index (χ3n) is 13.0. The lowest BCUT2D eigenvalue weighted by atomic mass is 10.3. The molecule has 0 N–H and O–H groups in total. The van der Waals surface area contributed by atoms with Gasteiger partial charge in [0.1, 0.15) is 60.3 Å². The lowest BCUT2D eigenvalue weighted by Gasteiger charge is -2.16. The number of aryl methyl sites for hydroxylation is 1. The lowest BCUT2D eigenvalue weighted by molar-refractivity contribution is 0.767. The van der Waals surface area contributed by atoms with Crippen LogP contribution in [0.25, 0.3) is 0 Å². The highest BCUT2D eigenvalue weighted by molar-refractivity contribution is 8.47. The van der Waals surface area contributed by atoms with E-state index in [1.165, 1.54) is 193 Å². The van der Waals surface area contributed by atoms with E-state index in [0.717, 1.165) is 71.5 Å². The van der Waals surface area contributed by atoms with Crippen molar-refractivity contribution in [3.8, 4) is 0 Å². The van der Waals surface area contributed by atoms with Gasteiger partial charge in [0.05, 0.1) is 151 Å². The summed E-state index contributed by atoms with van der Waals surface area (Å²) in [7, 11) is 2.07. The minimum atomic E-state index is 0.681. The van der Waals surface area contributed by atoms with Crippen LogP contribution in [0.5, 0.6) is 0 Å². The fraction of sp³-hybridized carbons (Fsp3) is 0.269. The minimum absolute atomic E-state index is 0.681. The van der Waals surface area contributed by atoms with E-state index in [9.17, 15) is 0 Å². The smallest absolute Gasteiger partial charge is 0.150 e. The second kappa shape index (κ2) is 35.4. The van der Waals surface area contributed by atoms with E-state index >= 15 is 0 Å². The maximum absolute atomic E-state index is 4.33. The zero-order chi connectivity index (χ0) is 68.6. The zero-order valence-corrected chi connectivity index (χ0v) is 80.9. The van der Waals surface area contributed by atoms with Crippen molar-refractivity contribution in [3.63, 3.8) is 0 Å². The predicted octanol–water partition coefficient (Wildman–Crippen LogP) is 29.5. The Morgan fingerprint density at radius 1 is 0.257 bits per heavy atom. The minimum Gasteiger partial charge on any atom is -0.355 e. The summed E-state index contributed by atoms with van der Waals surface area (Å²) in [4.78, 5) is 8.38. The summed E-state index contributed by atoms with van der Waals surface area (Å²) in [6.07, 6.45) is 4.35. The van der Waals surface area contributed by atoms with Crippen molar-refractivity contribution in [2.45, 2.75) is 128 Å². The second-order valence-corrected chi connectivity index (χ2v) is 61.0. The SMILES string of the molecule is CC1=C(C)SC(=C2Sc3nsnc3S2)S1.CC1=C(C)SC(=C2Sc3nsnc3S2)S1.CC1CSC2=C(SC(=C3Sc4nsnc4S3)S2)S1.CC1CSC2=C(SC1)SC(=C1Sc3nsnc3S1)S2.CC1SC2=C(SC(=C3Sc4nsnc4S3)S2)S1.Cn1cc2c(c1)SC(=C1Sc3nsnc3S1)S2. The van der Waals surface area contributed by atoms with Gasteiger partial charge in [-0.15, -0.1) is 70.6 Å². The third-order valence-corrected chi connectivity index (χ3v) is 60.6. The van der Waals surface area contributed by atoms with Crippen LogP contribution in [0, 0.1) is 5.92 Å². The van der Waals surface area contributed by atoms with Gasteiger partial charge in [-0.25, -0.2) is 0 Å². The van der Waals surface area contributed by atoms with E-state index in [1.54, 1.807) is 141 Å². The van der Waals surface area contributed by atoms with Gasteiger partial charge in [-0.05, 0) is 60.2 Å². The Labute approximate surface area is 735 Å². The van der Waals surface area contributed by atoms with Crippen LogP contribution < -0.4 is 0 Å². The molecule has 15 aliphatic rings. The topological polar surface area (TPSA) is 160 Å². The Morgan fingerprint density at radius 2 is 0.475 bits per heavy atom. The molecule has 7 aromatic heterocycles. The molecule has 0 aromatic carbocycles. The average molecular weight is 2000 g/mol. The molecule has 524 valence electrons. The normalized spacial score (nSPS) is 22.3. The number of hydrogen-bond acceptors (Lipinski definition) is 48. The molecule has 0 spiro atoms. The standard InChI is InChI=1S/C10H8N2S7.C9H5N3S5.C9H6N2S7.C8H4N2S7.2C8H6N2S5/c1-4-2-13-7-8(14-3-4)18-10(17-7)9-15-5-6(16-9)12-19-11-5;1-12-2-4-5(3-12)14-8(13-4)9-15-6-7(16-9)11-17-10-6;1-3-2-12-6-7(13-3)17-9(16-6)8-14-4-5(15-8)11-18-10-4;1-2-11-5-6(12-2)16-8(15-5)7-13-3-4(14-7)10-17-9-3;2*1-3-4(2)12-7(11-3)8-13-5-6(14-8)10-15-9-5/h4H,2-3H2,1H3;2-3H,1H3;3H,2H2,1H3;2H,1H3;2*1-2H3. The van der Waals surface area contributed by atoms with E-state index in [0.29, 0.717) is 4.58 Å². The van der Waals surface area contributed by atoms with Gasteiger partial charge >= 0.3 is 0 Å². The summed E-state index contributed by atoms with van der Waals surface area (Å²) in [5.74, 6) is 4.54. The molecule has 0 saturated carbocycles. The van der Waals surface area contributed by atoms with Gasteiger partial charge in [-0.2, -0.15) is 52.5 Å². The van der Waals surface area contributed by atoms with Gasteiger partial charge in [0, 0.05) is 51.7 Å². The van der Waals surface area contributed by atoms with Gasteiger partial charge < -0.3 is 4.57 Å². The summed E-state index contributed by atoms with van der Waals surface area (Å²) in [6.45, 7) is 15.6. The van der Waals surface area contributed by atoms with Crippen LogP contribution in [0.3, 0.4) is 0 Å². The number of thioether (sulfide) groups is 30. The van der Waals surface area contributed by atoms with Crippen LogP contribution in [0.15, 0.2) is 178 Å². The Hall–Kier alpha value is 4.28. The summed E-state index contributed by atoms with van der Waals surface area (Å²) in [5, 5.41) is 13.7. The first-order valence-corrected chi connectivity index (χ1v) is 58.0. The van der Waals surface area contributed by atoms with Gasteiger partial charge in [0.25, 0.3) is 0 Å². The van der Waals surface area contributed by atoms with Gasteiger partial charge in [0.2, 0.25) is 0 Å². The van der Waals surface area contributed by atoms with E-state index in [-0.39, 0.29) is 0 Å². The Morgan fingerprint density at radius 3 is 0.762 bits per heavy atom. The van der Waals surface area contributed by atoms with Crippen molar-refractivity contribution >= 4 is 423 Å². The molecule has 1 unspecified atom stereocenters. The Kier molecular flexibility index (Phi) is 27.3. The first kappa shape index (κ1) is 77.8. The molecular weight excluding hydrogens is 1960 g/mol. The van der Waals surface area contributed by atoms with E-state index in [2.05, 4.69) is 125 Å². The monoisotopic (exact) mass is 1990 g/mol. The average Bonchev–Trinajstić information content (AvgIpc) is 1.67. The van der Waals surface area contributed by atoms with E-state index in [4.69, 9.17) is 0 Å². The van der Waals surface area contributed by atoms with Crippen LogP contribution in [0.2, 0.25) is 0 Å². The quantitative estimate of drug-likeness (QED) is 0.141. The number of aromatic nitrogens is 13. The molecule has 0 aliphatic carbocycles. The predicted molar refractivity (Wildman–Crippen MR) is 491 cm³/mol. The highest BCUT2D eigenvalue weighted by Gasteiger charge is 2.39. The first-order valence-electron chi connectivity index (χ1n) is 28.5. The Balaban J connectivity index is 0.0000000905. The second-order valence-electron chi connectivity index (χ2n) is 20.5. The molecule has 0 radical (unpaired) electrons. The summed E-state index contributed by atoms with van der Waals surface area (Å²) in [6, 6.07) is 0. The molecule has 1 atom stereocenters. The lowest BCUT2D eigenvalue weighted by Crippen LogP contribution is -2.02. The largest absolute Gasteiger partial charge is 0.355 e.